The lowest BCUT2D eigenvalue weighted by Crippen LogP contribution is -2.48. The molecule has 2 amide bonds. The number of nitrogens with one attached hydrogen (secondary N) is 1. The number of hydrogen-bond acceptors (Lipinski definition) is 3. The Balaban J connectivity index is 1.57. The van der Waals surface area contributed by atoms with Gasteiger partial charge in [-0.2, -0.15) is 0 Å². The van der Waals surface area contributed by atoms with E-state index >= 15 is 0 Å². The first kappa shape index (κ1) is 20.2. The number of aryl methyl sites for hydroxylation is 1. The Kier molecular flexibility index (Phi) is 5.88. The molecule has 5 heteroatoms. The number of para-hydroxylation sites is 2. The zero-order valence-corrected chi connectivity index (χ0v) is 17.6. The molecule has 0 aromatic heterocycles. The first-order valence-electron chi connectivity index (χ1n) is 10.7. The first-order chi connectivity index (χ1) is 14.5. The van der Waals surface area contributed by atoms with Crippen molar-refractivity contribution in [3.8, 4) is 5.75 Å². The molecular formula is C25H28N2O3. The van der Waals surface area contributed by atoms with E-state index in [0.717, 1.165) is 30.4 Å². The van der Waals surface area contributed by atoms with E-state index in [0.29, 0.717) is 17.4 Å². The molecule has 0 spiro atoms. The summed E-state index contributed by atoms with van der Waals surface area (Å²) in [6.45, 7) is 4.17. The Bertz CT molecular complexity index is 982. The predicted octanol–water partition coefficient (Wildman–Crippen LogP) is 4.46. The summed E-state index contributed by atoms with van der Waals surface area (Å²) in [5, 5.41) is 3.15. The summed E-state index contributed by atoms with van der Waals surface area (Å²) in [6, 6.07) is 15.4. The number of hydrogen-bond donors (Lipinski definition) is 1. The molecule has 1 aliphatic heterocycles. The number of anilines is 1. The highest BCUT2D eigenvalue weighted by atomic mass is 16.5. The van der Waals surface area contributed by atoms with Gasteiger partial charge in [-0.1, -0.05) is 61.7 Å². The highest BCUT2D eigenvalue weighted by Crippen LogP contribution is 2.35. The molecule has 1 aliphatic carbocycles. The van der Waals surface area contributed by atoms with Crippen molar-refractivity contribution in [2.45, 2.75) is 45.6 Å². The minimum atomic E-state index is -0.304. The van der Waals surface area contributed by atoms with Crippen LogP contribution in [-0.2, 0) is 9.59 Å². The van der Waals surface area contributed by atoms with Crippen LogP contribution in [0.5, 0.6) is 5.75 Å². The summed E-state index contributed by atoms with van der Waals surface area (Å²) in [5.41, 5.74) is 2.61. The van der Waals surface area contributed by atoms with Gasteiger partial charge in [-0.25, -0.2) is 0 Å². The lowest BCUT2D eigenvalue weighted by Gasteiger charge is -2.32. The molecule has 2 atom stereocenters. The van der Waals surface area contributed by atoms with Gasteiger partial charge in [0.15, 0.2) is 11.5 Å². The van der Waals surface area contributed by atoms with E-state index in [9.17, 15) is 9.59 Å². The molecule has 4 rings (SSSR count). The van der Waals surface area contributed by atoms with Crippen LogP contribution in [0.1, 0.15) is 43.7 Å². The molecule has 156 valence electrons. The van der Waals surface area contributed by atoms with E-state index in [1.165, 1.54) is 11.3 Å². The van der Waals surface area contributed by atoms with Gasteiger partial charge in [-0.05, 0) is 49.5 Å². The van der Waals surface area contributed by atoms with E-state index in [2.05, 4.69) is 12.2 Å². The third-order valence-corrected chi connectivity index (χ3v) is 5.93. The van der Waals surface area contributed by atoms with Gasteiger partial charge in [0.05, 0.1) is 5.69 Å². The molecule has 0 saturated heterocycles. The van der Waals surface area contributed by atoms with Crippen LogP contribution in [0.3, 0.4) is 0 Å². The monoisotopic (exact) mass is 404 g/mol. The summed E-state index contributed by atoms with van der Waals surface area (Å²) in [6.07, 6.45) is 6.22. The number of fused-ring (bicyclic) bond motifs is 1. The van der Waals surface area contributed by atoms with Crippen LogP contribution in [0, 0.1) is 12.8 Å². The molecule has 1 heterocycles. The Labute approximate surface area is 177 Å². The highest BCUT2D eigenvalue weighted by molar-refractivity contribution is 6.12. The van der Waals surface area contributed by atoms with Crippen LogP contribution in [-0.4, -0.2) is 24.4 Å². The van der Waals surface area contributed by atoms with Crippen molar-refractivity contribution in [2.75, 3.05) is 11.4 Å². The van der Waals surface area contributed by atoms with E-state index in [4.69, 9.17) is 4.74 Å². The second-order valence-electron chi connectivity index (χ2n) is 8.32. The van der Waals surface area contributed by atoms with Gasteiger partial charge in [-0.15, -0.1) is 0 Å². The number of ether oxygens (including phenoxy) is 1. The molecule has 5 nitrogen and oxygen atoms in total. The zero-order valence-electron chi connectivity index (χ0n) is 17.6. The fourth-order valence-corrected chi connectivity index (χ4v) is 4.26. The Hall–Kier alpha value is -3.08. The fourth-order valence-electron chi connectivity index (χ4n) is 4.26. The van der Waals surface area contributed by atoms with Gasteiger partial charge >= 0.3 is 0 Å². The number of rotatable bonds is 4. The number of benzene rings is 2. The van der Waals surface area contributed by atoms with E-state index in [-0.39, 0.29) is 30.2 Å². The van der Waals surface area contributed by atoms with Crippen LogP contribution in [0.2, 0.25) is 0 Å². The van der Waals surface area contributed by atoms with E-state index in [1.54, 1.807) is 6.08 Å². The molecule has 0 bridgehead atoms. The molecule has 30 heavy (non-hydrogen) atoms. The number of carbonyl (C=O) groups excluding carboxylic acids is 2. The smallest absolute Gasteiger partial charge is 0.294 e. The minimum absolute atomic E-state index is 0.0203. The van der Waals surface area contributed by atoms with Crippen molar-refractivity contribution in [3.05, 3.63) is 65.4 Å². The van der Waals surface area contributed by atoms with Gasteiger partial charge in [0.2, 0.25) is 5.91 Å². The van der Waals surface area contributed by atoms with Crippen molar-refractivity contribution in [3.63, 3.8) is 0 Å². The Morgan fingerprint density at radius 3 is 2.77 bits per heavy atom. The molecule has 2 aromatic rings. The first-order valence-corrected chi connectivity index (χ1v) is 10.7. The number of nitrogens with zero attached hydrogens (tertiary/aromatic N) is 1. The molecule has 1 fully saturated rings. The lowest BCUT2D eigenvalue weighted by molar-refractivity contribution is -0.124. The van der Waals surface area contributed by atoms with Crippen LogP contribution in [0.4, 0.5) is 5.69 Å². The van der Waals surface area contributed by atoms with Crippen molar-refractivity contribution in [1.29, 1.82) is 0 Å². The molecule has 2 aromatic carbocycles. The minimum Gasteiger partial charge on any atom is -0.449 e. The summed E-state index contributed by atoms with van der Waals surface area (Å²) in [7, 11) is 0. The summed E-state index contributed by atoms with van der Waals surface area (Å²) in [4.78, 5) is 27.6. The number of carbonyl (C=O) groups is 2. The van der Waals surface area contributed by atoms with Gasteiger partial charge < -0.3 is 10.1 Å². The van der Waals surface area contributed by atoms with Crippen LogP contribution in [0.15, 0.2) is 54.3 Å². The fraction of sp³-hybridized carbons (Fsp3) is 0.360. The standard InChI is InChI=1S/C25H28N2O3/c1-17-8-7-10-19(14-17)15-23-25(29)27(21-12-5-6-13-22(21)30-23)16-24(28)26-20-11-4-3-9-18(20)2/h5-8,10,12-15,18,20H,3-4,9,11,16H2,1-2H3,(H,26,28)/b23-15+. The predicted molar refractivity (Wildman–Crippen MR) is 118 cm³/mol. The van der Waals surface area contributed by atoms with Crippen molar-refractivity contribution in [1.82, 2.24) is 5.32 Å². The Morgan fingerprint density at radius 1 is 1.17 bits per heavy atom. The summed E-state index contributed by atoms with van der Waals surface area (Å²) >= 11 is 0. The molecule has 0 radical (unpaired) electrons. The third kappa shape index (κ3) is 4.40. The third-order valence-electron chi connectivity index (χ3n) is 5.93. The number of amides is 2. The normalized spacial score (nSPS) is 22.4. The van der Waals surface area contributed by atoms with Gasteiger partial charge in [-0.3, -0.25) is 14.5 Å². The summed E-state index contributed by atoms with van der Waals surface area (Å²) < 4.78 is 5.91. The second-order valence-corrected chi connectivity index (χ2v) is 8.32. The van der Waals surface area contributed by atoms with Crippen LogP contribution < -0.4 is 15.0 Å². The largest absolute Gasteiger partial charge is 0.449 e. The van der Waals surface area contributed by atoms with Crippen LogP contribution >= 0.6 is 0 Å². The average Bonchev–Trinajstić information content (AvgIpc) is 2.73. The van der Waals surface area contributed by atoms with Gasteiger partial charge in [0, 0.05) is 6.04 Å². The highest BCUT2D eigenvalue weighted by Gasteiger charge is 2.32. The molecule has 1 N–H and O–H groups in total. The van der Waals surface area contributed by atoms with Crippen molar-refractivity contribution >= 4 is 23.6 Å². The lowest BCUT2D eigenvalue weighted by atomic mass is 9.86. The van der Waals surface area contributed by atoms with Gasteiger partial charge in [0.1, 0.15) is 6.54 Å². The second kappa shape index (κ2) is 8.74. The van der Waals surface area contributed by atoms with Crippen molar-refractivity contribution in [2.24, 2.45) is 5.92 Å². The SMILES string of the molecule is Cc1cccc(/C=C2/Oc3ccccc3N(CC(=O)NC3CCCCC3C)C2=O)c1. The van der Waals surface area contributed by atoms with E-state index in [1.807, 2.05) is 55.5 Å². The average molecular weight is 405 g/mol. The summed E-state index contributed by atoms with van der Waals surface area (Å²) in [5.74, 6) is 0.830. The van der Waals surface area contributed by atoms with Crippen LogP contribution in [0.25, 0.3) is 6.08 Å². The maximum absolute atomic E-state index is 13.2. The quantitative estimate of drug-likeness (QED) is 0.766. The zero-order chi connectivity index (χ0) is 21.1. The maximum atomic E-state index is 13.2. The van der Waals surface area contributed by atoms with Crippen molar-refractivity contribution < 1.29 is 14.3 Å². The van der Waals surface area contributed by atoms with Gasteiger partial charge in [0.25, 0.3) is 5.91 Å². The molecular weight excluding hydrogens is 376 g/mol. The topological polar surface area (TPSA) is 58.6 Å². The maximum Gasteiger partial charge on any atom is 0.294 e. The Morgan fingerprint density at radius 2 is 1.97 bits per heavy atom. The molecule has 2 unspecified atom stereocenters. The molecule has 1 saturated carbocycles. The van der Waals surface area contributed by atoms with E-state index < -0.39 is 0 Å². The molecule has 2 aliphatic rings.